The Bertz CT molecular complexity index is 3560. The van der Waals surface area contributed by atoms with Crippen LogP contribution in [0.1, 0.15) is 38.9 Å². The van der Waals surface area contributed by atoms with E-state index in [4.69, 9.17) is 0 Å². The number of alkyl halides is 6. The van der Waals surface area contributed by atoms with Gasteiger partial charge >= 0.3 is 12.4 Å². The maximum Gasteiger partial charge on any atom is 0.416 e. The fourth-order valence-corrected chi connectivity index (χ4v) is 9.45. The molecular weight excluding hydrogens is 817 g/mol. The Morgan fingerprint density at radius 2 is 0.844 bits per heavy atom. The van der Waals surface area contributed by atoms with Gasteiger partial charge in [-0.15, -0.1) is 0 Å². The third-order valence-electron chi connectivity index (χ3n) is 12.3. The number of halogens is 6. The van der Waals surface area contributed by atoms with Crippen molar-refractivity contribution >= 4 is 43.6 Å². The molecule has 0 atom stereocenters. The minimum absolute atomic E-state index is 0.0777. The lowest BCUT2D eigenvalue weighted by atomic mass is 9.94. The number of nitriles is 1. The lowest BCUT2D eigenvalue weighted by molar-refractivity contribution is -0.143. The molecular formula is C55H37F6N3. The van der Waals surface area contributed by atoms with Crippen molar-refractivity contribution in [1.29, 1.82) is 5.26 Å². The van der Waals surface area contributed by atoms with E-state index in [0.717, 1.165) is 88.1 Å². The summed E-state index contributed by atoms with van der Waals surface area (Å²) < 4.78 is 90.6. The molecule has 2 aromatic heterocycles. The highest BCUT2D eigenvalue weighted by Gasteiger charge is 2.37. The van der Waals surface area contributed by atoms with Crippen LogP contribution in [-0.4, -0.2) is 9.13 Å². The highest BCUT2D eigenvalue weighted by molar-refractivity contribution is 6.13. The Labute approximate surface area is 364 Å². The molecule has 0 N–H and O–H groups in total. The van der Waals surface area contributed by atoms with Crippen molar-refractivity contribution in [1.82, 2.24) is 9.13 Å². The molecule has 314 valence electrons. The van der Waals surface area contributed by atoms with Crippen LogP contribution in [0.2, 0.25) is 0 Å². The summed E-state index contributed by atoms with van der Waals surface area (Å²) in [7, 11) is 0. The van der Waals surface area contributed by atoms with Gasteiger partial charge in [-0.05, 0) is 121 Å². The van der Waals surface area contributed by atoms with Crippen molar-refractivity contribution < 1.29 is 26.3 Å². The molecule has 0 spiro atoms. The van der Waals surface area contributed by atoms with Crippen molar-refractivity contribution in [2.45, 2.75) is 40.0 Å². The van der Waals surface area contributed by atoms with Gasteiger partial charge < -0.3 is 9.13 Å². The van der Waals surface area contributed by atoms with Gasteiger partial charge in [-0.1, -0.05) is 108 Å². The summed E-state index contributed by atoms with van der Waals surface area (Å²) in [6.45, 7) is 8.18. The first-order chi connectivity index (χ1) is 30.6. The minimum Gasteiger partial charge on any atom is -0.307 e. The standard InChI is InChI=1S/C55H37F6N3/c1-31-13-17-41(33(3)21-31)35-15-19-45-43-9-5-7-11-48(43)63(50(45)25-35)52-27-38(30-62)47(37-23-39(54(56,57)58)28-40(24-37)55(59,60)61)29-53(52)64-49-12-8-6-10-44(49)46-20-16-36(26-51(46)64)42-18-14-32(2)22-34(42)4/h5-29H,1-4H3. The van der Waals surface area contributed by atoms with Crippen LogP contribution in [0.15, 0.2) is 152 Å². The number of hydrogen-bond donors (Lipinski definition) is 0. The second-order valence-corrected chi connectivity index (χ2v) is 16.6. The Hall–Kier alpha value is -7.57. The number of rotatable bonds is 5. The smallest absolute Gasteiger partial charge is 0.307 e. The molecule has 8 aromatic carbocycles. The van der Waals surface area contributed by atoms with E-state index in [1.54, 1.807) is 12.1 Å². The summed E-state index contributed by atoms with van der Waals surface area (Å²) >= 11 is 0. The Morgan fingerprint density at radius 3 is 1.28 bits per heavy atom. The molecule has 10 aromatic rings. The van der Waals surface area contributed by atoms with Crippen molar-refractivity contribution in [3.63, 3.8) is 0 Å². The van der Waals surface area contributed by atoms with Crippen LogP contribution >= 0.6 is 0 Å². The molecule has 10 rings (SSSR count). The summed E-state index contributed by atoms with van der Waals surface area (Å²) in [5, 5.41) is 14.5. The predicted molar refractivity (Wildman–Crippen MR) is 245 cm³/mol. The van der Waals surface area contributed by atoms with Crippen LogP contribution in [0.5, 0.6) is 0 Å². The Kier molecular flexibility index (Phi) is 9.35. The lowest BCUT2D eigenvalue weighted by Gasteiger charge is -2.21. The van der Waals surface area contributed by atoms with E-state index in [9.17, 15) is 31.6 Å². The van der Waals surface area contributed by atoms with Crippen LogP contribution in [0.3, 0.4) is 0 Å². The average molecular weight is 854 g/mol. The van der Waals surface area contributed by atoms with Gasteiger partial charge in [0.1, 0.15) is 0 Å². The predicted octanol–water partition coefficient (Wildman–Crippen LogP) is 16.0. The van der Waals surface area contributed by atoms with Gasteiger partial charge in [0.15, 0.2) is 0 Å². The van der Waals surface area contributed by atoms with Gasteiger partial charge in [0.25, 0.3) is 0 Å². The van der Waals surface area contributed by atoms with Crippen molar-refractivity contribution in [2.24, 2.45) is 0 Å². The van der Waals surface area contributed by atoms with Gasteiger partial charge in [0, 0.05) is 27.1 Å². The Morgan fingerprint density at radius 1 is 0.406 bits per heavy atom. The van der Waals surface area contributed by atoms with Crippen LogP contribution in [0, 0.1) is 39.0 Å². The Balaban J connectivity index is 1.37. The number of aromatic nitrogens is 2. The summed E-state index contributed by atoms with van der Waals surface area (Å²) in [4.78, 5) is 0. The number of benzene rings is 8. The van der Waals surface area contributed by atoms with E-state index in [-0.39, 0.29) is 22.8 Å². The van der Waals surface area contributed by atoms with Crippen molar-refractivity contribution in [3.8, 4) is 50.8 Å². The molecule has 0 unspecified atom stereocenters. The molecule has 0 aliphatic carbocycles. The van der Waals surface area contributed by atoms with Gasteiger partial charge in [-0.3, -0.25) is 0 Å². The SMILES string of the molecule is Cc1ccc(-c2ccc3c4ccccc4n(-c4cc(C#N)c(-c5cc(C(F)(F)F)cc(C(F)(F)F)c5)cc4-n4c5ccccc5c5ccc(-c6ccc(C)cc6C)cc54)c3c2)c(C)c1. The first-order valence-corrected chi connectivity index (χ1v) is 20.7. The third-order valence-corrected chi connectivity index (χ3v) is 12.3. The van der Waals surface area contributed by atoms with Crippen LogP contribution in [0.25, 0.3) is 88.4 Å². The number of nitrogens with zero attached hydrogens (tertiary/aromatic N) is 3. The molecule has 0 fully saturated rings. The normalized spacial score (nSPS) is 12.2. The summed E-state index contributed by atoms with van der Waals surface area (Å²) in [5.41, 5.74) is 8.86. The summed E-state index contributed by atoms with van der Waals surface area (Å²) in [6, 6.07) is 47.4. The third kappa shape index (κ3) is 6.69. The molecule has 9 heteroatoms. The molecule has 0 saturated carbocycles. The first-order valence-electron chi connectivity index (χ1n) is 20.7. The van der Waals surface area contributed by atoms with E-state index in [1.165, 1.54) is 0 Å². The number of hydrogen-bond acceptors (Lipinski definition) is 1. The first kappa shape index (κ1) is 40.5. The van der Waals surface area contributed by atoms with Crippen LogP contribution in [-0.2, 0) is 12.4 Å². The second-order valence-electron chi connectivity index (χ2n) is 16.6. The zero-order valence-electron chi connectivity index (χ0n) is 35.0. The maximum atomic E-state index is 14.4. The fraction of sp³-hybridized carbons (Fsp3) is 0.109. The summed E-state index contributed by atoms with van der Waals surface area (Å²) in [5.74, 6) is 0. The topological polar surface area (TPSA) is 33.6 Å². The zero-order valence-corrected chi connectivity index (χ0v) is 35.0. The van der Waals surface area contributed by atoms with Gasteiger partial charge in [-0.2, -0.15) is 31.6 Å². The van der Waals surface area contributed by atoms with E-state index < -0.39 is 23.5 Å². The van der Waals surface area contributed by atoms with E-state index in [1.807, 2.05) is 86.0 Å². The largest absolute Gasteiger partial charge is 0.416 e. The highest BCUT2D eigenvalue weighted by atomic mass is 19.4. The van der Waals surface area contributed by atoms with Crippen LogP contribution < -0.4 is 0 Å². The monoisotopic (exact) mass is 853 g/mol. The van der Waals surface area contributed by atoms with Gasteiger partial charge in [-0.25, -0.2) is 0 Å². The van der Waals surface area contributed by atoms with Gasteiger partial charge in [0.2, 0.25) is 0 Å². The van der Waals surface area contributed by atoms with Crippen molar-refractivity contribution in [3.05, 3.63) is 191 Å². The number of aryl methyl sites for hydroxylation is 4. The average Bonchev–Trinajstić information content (AvgIpc) is 3.77. The van der Waals surface area contributed by atoms with E-state index in [2.05, 4.69) is 78.2 Å². The van der Waals surface area contributed by atoms with Gasteiger partial charge in [0.05, 0.1) is 56.2 Å². The minimum atomic E-state index is -5.10. The molecule has 3 nitrogen and oxygen atoms in total. The molecule has 0 amide bonds. The fourth-order valence-electron chi connectivity index (χ4n) is 9.45. The molecule has 0 bridgehead atoms. The molecule has 64 heavy (non-hydrogen) atoms. The second kappa shape index (κ2) is 14.8. The molecule has 2 heterocycles. The van der Waals surface area contributed by atoms with Crippen molar-refractivity contribution in [2.75, 3.05) is 0 Å². The maximum absolute atomic E-state index is 14.4. The summed E-state index contributed by atoms with van der Waals surface area (Å²) in [6.07, 6.45) is -10.2. The quantitative estimate of drug-likeness (QED) is 0.159. The zero-order chi connectivity index (χ0) is 44.8. The number of fused-ring (bicyclic) bond motifs is 6. The lowest BCUT2D eigenvalue weighted by Crippen LogP contribution is -2.11. The van der Waals surface area contributed by atoms with Crippen LogP contribution in [0.4, 0.5) is 26.3 Å². The highest BCUT2D eigenvalue weighted by Crippen LogP contribution is 2.45. The number of para-hydroxylation sites is 2. The molecule has 0 radical (unpaired) electrons. The molecule has 0 saturated heterocycles. The molecule has 0 aliphatic rings. The van der Waals surface area contributed by atoms with E-state index >= 15 is 0 Å². The van der Waals surface area contributed by atoms with E-state index in [0.29, 0.717) is 23.5 Å². The molecule has 0 aliphatic heterocycles.